The van der Waals surface area contributed by atoms with E-state index in [0.29, 0.717) is 38.5 Å². The quantitative estimate of drug-likeness (QED) is 0.230. The first kappa shape index (κ1) is 16.4. The molecule has 4 aliphatic rings. The number of esters is 1. The number of carbonyl (C=O) groups excluding carboxylic acids is 1. The third kappa shape index (κ3) is 2.84. The minimum atomic E-state index is -4.25. The van der Waals surface area contributed by atoms with Crippen LogP contribution in [0.1, 0.15) is 38.5 Å². The first-order valence-corrected chi connectivity index (χ1v) is 7.45. The zero-order valence-corrected chi connectivity index (χ0v) is 12.7. The second-order valence-electron chi connectivity index (χ2n) is 7.21. The van der Waals surface area contributed by atoms with Crippen molar-refractivity contribution in [2.24, 2.45) is 11.3 Å². The number of carbonyl (C=O) groups is 1. The maximum absolute atomic E-state index is 13.2. The van der Waals surface area contributed by atoms with Gasteiger partial charge in [0.25, 0.3) is 0 Å². The van der Waals surface area contributed by atoms with E-state index in [4.69, 9.17) is 0 Å². The van der Waals surface area contributed by atoms with E-state index < -0.39 is 28.7 Å². The molecule has 2 N–H and O–H groups in total. The van der Waals surface area contributed by atoms with Crippen LogP contribution in [0.15, 0.2) is 0 Å². The molecule has 0 saturated heterocycles. The lowest BCUT2D eigenvalue weighted by molar-refractivity contribution is -0.370. The Morgan fingerprint density at radius 2 is 1.77 bits per heavy atom. The van der Waals surface area contributed by atoms with Gasteiger partial charge in [0.05, 0.1) is 17.8 Å². The summed E-state index contributed by atoms with van der Waals surface area (Å²) in [4.78, 5) is 14.8. The van der Waals surface area contributed by atoms with Gasteiger partial charge in [0, 0.05) is 24.7 Å². The van der Waals surface area contributed by atoms with Crippen LogP contribution in [0.3, 0.4) is 0 Å². The van der Waals surface area contributed by atoms with E-state index in [9.17, 15) is 23.8 Å². The first-order chi connectivity index (χ1) is 10.1. The third-order valence-corrected chi connectivity index (χ3v) is 5.09. The lowest BCUT2D eigenvalue weighted by Gasteiger charge is -2.62. The second kappa shape index (κ2) is 5.01. The van der Waals surface area contributed by atoms with Crippen LogP contribution < -0.4 is 0 Å². The number of halogens is 2. The van der Waals surface area contributed by atoms with Crippen molar-refractivity contribution in [3.63, 3.8) is 0 Å². The van der Waals surface area contributed by atoms with Crippen LogP contribution in [0, 0.1) is 11.3 Å². The summed E-state index contributed by atoms with van der Waals surface area (Å²) in [6.45, 7) is -0.293. The first-order valence-electron chi connectivity index (χ1n) is 7.09. The molecular weight excluding hydrogens is 322 g/mol. The van der Waals surface area contributed by atoms with Crippen molar-refractivity contribution in [1.82, 2.24) is 0 Å². The zero-order valence-electron chi connectivity index (χ0n) is 11.8. The molecule has 4 fully saturated rings. The molecule has 0 aromatic heterocycles. The summed E-state index contributed by atoms with van der Waals surface area (Å²) in [5.74, 6) is -1.77. The molecular formula is C13H18F2O6S. The molecule has 6 nitrogen and oxygen atoms in total. The Morgan fingerprint density at radius 1 is 1.18 bits per heavy atom. The molecule has 0 spiro atoms. The van der Waals surface area contributed by atoms with Gasteiger partial charge in [-0.25, -0.2) is 4.79 Å². The van der Waals surface area contributed by atoms with Crippen molar-refractivity contribution >= 4 is 18.9 Å². The molecule has 4 rings (SSSR count). The molecule has 0 aliphatic heterocycles. The summed E-state index contributed by atoms with van der Waals surface area (Å²) < 4.78 is 34.5. The fourth-order valence-corrected chi connectivity index (χ4v) is 5.17. The van der Waals surface area contributed by atoms with Gasteiger partial charge < -0.3 is 14.9 Å². The van der Waals surface area contributed by atoms with Gasteiger partial charge in [-0.15, -0.1) is 4.89 Å². The molecule has 0 amide bonds. The molecule has 0 aromatic carbocycles. The number of thiol groups is 1. The van der Waals surface area contributed by atoms with Crippen LogP contribution in [0.2, 0.25) is 0 Å². The number of ether oxygens (including phenoxy) is 1. The minimum absolute atomic E-state index is 0.113. The van der Waals surface area contributed by atoms with Gasteiger partial charge in [0.1, 0.15) is 0 Å². The Kier molecular flexibility index (Phi) is 3.73. The van der Waals surface area contributed by atoms with Gasteiger partial charge in [-0.2, -0.15) is 13.1 Å². The highest BCUT2D eigenvalue weighted by atomic mass is 32.1. The van der Waals surface area contributed by atoms with Gasteiger partial charge in [-0.3, -0.25) is 0 Å². The van der Waals surface area contributed by atoms with Crippen LogP contribution in [0.25, 0.3) is 0 Å². The van der Waals surface area contributed by atoms with Gasteiger partial charge in [-0.1, -0.05) is 0 Å². The minimum Gasteiger partial charge on any atom is -0.459 e. The Labute approximate surface area is 131 Å². The predicted octanol–water partition coefficient (Wildman–Crippen LogP) is 1.36. The molecule has 4 aliphatic carbocycles. The van der Waals surface area contributed by atoms with E-state index in [1.807, 2.05) is 0 Å². The zero-order chi connectivity index (χ0) is 16.2. The lowest BCUT2D eigenvalue weighted by atomic mass is 9.46. The Hall–Kier alpha value is -0.480. The summed E-state index contributed by atoms with van der Waals surface area (Å²) in [7, 11) is 0. The Bertz CT molecular complexity index is 469. The highest BCUT2D eigenvalue weighted by Gasteiger charge is 2.63. The van der Waals surface area contributed by atoms with Gasteiger partial charge in [0.2, 0.25) is 0 Å². The van der Waals surface area contributed by atoms with E-state index in [-0.39, 0.29) is 12.5 Å². The maximum atomic E-state index is 13.2. The number of hydrogen-bond donors (Lipinski definition) is 3. The van der Waals surface area contributed by atoms with E-state index in [1.54, 1.807) is 0 Å². The van der Waals surface area contributed by atoms with E-state index in [2.05, 4.69) is 26.9 Å². The summed E-state index contributed by atoms with van der Waals surface area (Å²) in [5.41, 5.74) is -2.68. The fraction of sp³-hybridized carbons (Fsp3) is 0.923. The van der Waals surface area contributed by atoms with Crippen molar-refractivity contribution in [2.45, 2.75) is 55.8 Å². The monoisotopic (exact) mass is 340 g/mol. The molecule has 4 bridgehead atoms. The molecule has 2 atom stereocenters. The standard InChI is InChI=1S/C13H18F2O6S/c14-13(15,20-21-22)9(16)19-7-10-1-8-2-11(17,4-10)6-12(18,3-8)5-10/h8,17-18,22H,1-7H2. The maximum Gasteiger partial charge on any atom is 0.483 e. The van der Waals surface area contributed by atoms with Crippen molar-refractivity contribution < 1.29 is 37.7 Å². The van der Waals surface area contributed by atoms with Crippen molar-refractivity contribution in [1.29, 1.82) is 0 Å². The fourth-order valence-electron chi connectivity index (χ4n) is 5.08. The highest BCUT2D eigenvalue weighted by Crippen LogP contribution is 2.63. The Balaban J connectivity index is 1.69. The molecule has 126 valence electrons. The van der Waals surface area contributed by atoms with Crippen LogP contribution >= 0.6 is 12.9 Å². The largest absolute Gasteiger partial charge is 0.483 e. The number of alkyl halides is 2. The molecule has 9 heteroatoms. The molecule has 0 aromatic rings. The summed E-state index contributed by atoms with van der Waals surface area (Å²) >= 11 is 3.00. The normalized spacial score (nSPS) is 43.4. The van der Waals surface area contributed by atoms with Gasteiger partial charge in [0.15, 0.2) is 0 Å². The van der Waals surface area contributed by atoms with Crippen LogP contribution in [-0.4, -0.2) is 40.1 Å². The Morgan fingerprint density at radius 3 is 2.27 bits per heavy atom. The average Bonchev–Trinajstić information content (AvgIpc) is 2.31. The van der Waals surface area contributed by atoms with Crippen LogP contribution in [-0.2, 0) is 18.8 Å². The van der Waals surface area contributed by atoms with Gasteiger partial charge >= 0.3 is 12.1 Å². The molecule has 0 radical (unpaired) electrons. The van der Waals surface area contributed by atoms with Gasteiger partial charge in [-0.05, 0) is 38.0 Å². The smallest absolute Gasteiger partial charge is 0.459 e. The predicted molar refractivity (Wildman–Crippen MR) is 70.6 cm³/mol. The van der Waals surface area contributed by atoms with Crippen molar-refractivity contribution in [3.8, 4) is 0 Å². The summed E-state index contributed by atoms with van der Waals surface area (Å²) in [6, 6.07) is 0. The average molecular weight is 340 g/mol. The second-order valence-corrected chi connectivity index (χ2v) is 7.36. The lowest BCUT2D eigenvalue weighted by Crippen LogP contribution is -2.64. The van der Waals surface area contributed by atoms with Crippen LogP contribution in [0.4, 0.5) is 8.78 Å². The summed E-state index contributed by atoms with van der Waals surface area (Å²) in [6.07, 6.45) is -1.46. The molecule has 4 saturated carbocycles. The number of aliphatic hydroxyl groups is 2. The van der Waals surface area contributed by atoms with Crippen molar-refractivity contribution in [3.05, 3.63) is 0 Å². The number of hydrogen-bond acceptors (Lipinski definition) is 7. The molecule has 0 heterocycles. The number of rotatable bonds is 5. The topological polar surface area (TPSA) is 85.2 Å². The van der Waals surface area contributed by atoms with E-state index >= 15 is 0 Å². The summed E-state index contributed by atoms with van der Waals surface area (Å²) in [5, 5.41) is 21.1. The molecule has 2 unspecified atom stereocenters. The molecule has 22 heavy (non-hydrogen) atoms. The third-order valence-electron chi connectivity index (χ3n) is 5.01. The SMILES string of the molecule is O=C(OCC12CC3CC(O)(CC(O)(C3)C1)C2)C(F)(F)OOS. The van der Waals surface area contributed by atoms with Crippen molar-refractivity contribution in [2.75, 3.05) is 6.61 Å². The van der Waals surface area contributed by atoms with E-state index in [1.165, 1.54) is 0 Å². The van der Waals surface area contributed by atoms with Crippen LogP contribution in [0.5, 0.6) is 0 Å². The van der Waals surface area contributed by atoms with E-state index in [0.717, 1.165) is 0 Å². The highest BCUT2D eigenvalue weighted by molar-refractivity contribution is 7.74.